The third-order valence-electron chi connectivity index (χ3n) is 5.00. The van der Waals surface area contributed by atoms with Crippen LogP contribution in [-0.2, 0) is 16.0 Å². The van der Waals surface area contributed by atoms with Crippen LogP contribution in [0.2, 0.25) is 0 Å². The van der Waals surface area contributed by atoms with Gasteiger partial charge in [-0.3, -0.25) is 9.79 Å². The van der Waals surface area contributed by atoms with E-state index in [-0.39, 0.29) is 12.0 Å². The van der Waals surface area contributed by atoms with Crippen LogP contribution in [0.3, 0.4) is 0 Å². The number of benzene rings is 1. The van der Waals surface area contributed by atoms with Gasteiger partial charge in [-0.05, 0) is 30.9 Å². The monoisotopic (exact) mass is 380 g/mol. The number of halogens is 2. The van der Waals surface area contributed by atoms with E-state index < -0.39 is 11.6 Å². The van der Waals surface area contributed by atoms with Crippen LogP contribution >= 0.6 is 0 Å². The molecule has 3 rings (SSSR count). The Labute approximate surface area is 158 Å². The SMILES string of the molecule is CN=C(NCCc1ccc(F)cc1F)N1CCN(C(=O)C2CCCO2)CC1. The molecule has 1 amide bonds. The van der Waals surface area contributed by atoms with Crippen molar-refractivity contribution in [3.05, 3.63) is 35.4 Å². The van der Waals surface area contributed by atoms with Crippen molar-refractivity contribution in [2.45, 2.75) is 25.4 Å². The highest BCUT2D eigenvalue weighted by Crippen LogP contribution is 2.16. The number of aliphatic imine (C=N–C) groups is 1. The Morgan fingerprint density at radius 1 is 1.26 bits per heavy atom. The van der Waals surface area contributed by atoms with Crippen LogP contribution in [0.25, 0.3) is 0 Å². The van der Waals surface area contributed by atoms with Crippen LogP contribution in [0.5, 0.6) is 0 Å². The Hall–Kier alpha value is -2.22. The van der Waals surface area contributed by atoms with Gasteiger partial charge >= 0.3 is 0 Å². The van der Waals surface area contributed by atoms with E-state index in [4.69, 9.17) is 4.74 Å². The maximum absolute atomic E-state index is 13.7. The fraction of sp³-hybridized carbons (Fsp3) is 0.579. The number of guanidine groups is 1. The molecule has 148 valence electrons. The standard InChI is InChI=1S/C19H26F2N4O2/c1-22-19(23-7-6-14-4-5-15(20)13-16(14)21)25-10-8-24(9-11-25)18(26)17-3-2-12-27-17/h4-5,13,17H,2-3,6-12H2,1H3,(H,22,23). The zero-order valence-electron chi connectivity index (χ0n) is 15.6. The van der Waals surface area contributed by atoms with Crippen LogP contribution in [0.4, 0.5) is 8.78 Å². The fourth-order valence-electron chi connectivity index (χ4n) is 3.48. The molecule has 2 fully saturated rings. The summed E-state index contributed by atoms with van der Waals surface area (Å²) in [4.78, 5) is 20.6. The lowest BCUT2D eigenvalue weighted by Gasteiger charge is -2.37. The number of carbonyl (C=O) groups is 1. The minimum Gasteiger partial charge on any atom is -0.368 e. The molecular weight excluding hydrogens is 354 g/mol. The molecular formula is C19H26F2N4O2. The third kappa shape index (κ3) is 4.94. The van der Waals surface area contributed by atoms with Gasteiger partial charge in [-0.2, -0.15) is 0 Å². The quantitative estimate of drug-likeness (QED) is 0.634. The lowest BCUT2D eigenvalue weighted by atomic mass is 10.1. The molecule has 0 aliphatic carbocycles. The molecule has 0 radical (unpaired) electrons. The second-order valence-electron chi connectivity index (χ2n) is 6.77. The first-order valence-corrected chi connectivity index (χ1v) is 9.38. The number of piperazine rings is 1. The van der Waals surface area contributed by atoms with E-state index >= 15 is 0 Å². The van der Waals surface area contributed by atoms with Gasteiger partial charge in [0, 0.05) is 52.4 Å². The van der Waals surface area contributed by atoms with Crippen LogP contribution in [0.1, 0.15) is 18.4 Å². The number of hydrogen-bond acceptors (Lipinski definition) is 3. The number of hydrogen-bond donors (Lipinski definition) is 1. The maximum Gasteiger partial charge on any atom is 0.251 e. The van der Waals surface area contributed by atoms with Crippen LogP contribution < -0.4 is 5.32 Å². The highest BCUT2D eigenvalue weighted by Gasteiger charge is 2.30. The zero-order chi connectivity index (χ0) is 19.2. The summed E-state index contributed by atoms with van der Waals surface area (Å²) in [5, 5.41) is 3.22. The summed E-state index contributed by atoms with van der Waals surface area (Å²) in [5.41, 5.74) is 0.464. The van der Waals surface area contributed by atoms with E-state index in [9.17, 15) is 13.6 Å². The summed E-state index contributed by atoms with van der Waals surface area (Å²) in [6.07, 6.45) is 1.91. The van der Waals surface area contributed by atoms with Gasteiger partial charge < -0.3 is 19.9 Å². The van der Waals surface area contributed by atoms with Crippen LogP contribution in [-0.4, -0.2) is 74.1 Å². The largest absolute Gasteiger partial charge is 0.368 e. The molecule has 2 aliphatic rings. The highest BCUT2D eigenvalue weighted by molar-refractivity contribution is 5.82. The van der Waals surface area contributed by atoms with Gasteiger partial charge in [-0.15, -0.1) is 0 Å². The van der Waals surface area contributed by atoms with Gasteiger partial charge in [0.1, 0.15) is 17.7 Å². The molecule has 2 heterocycles. The normalized spacial score (nSPS) is 20.9. The Bertz CT molecular complexity index is 684. The smallest absolute Gasteiger partial charge is 0.251 e. The van der Waals surface area contributed by atoms with Crippen LogP contribution in [0.15, 0.2) is 23.2 Å². The Balaban J connectivity index is 1.45. The predicted molar refractivity (Wildman–Crippen MR) is 98.6 cm³/mol. The second kappa shape index (κ2) is 9.12. The zero-order valence-corrected chi connectivity index (χ0v) is 15.6. The van der Waals surface area contributed by atoms with Crippen molar-refractivity contribution >= 4 is 11.9 Å². The van der Waals surface area contributed by atoms with Crippen molar-refractivity contribution in [1.82, 2.24) is 15.1 Å². The third-order valence-corrected chi connectivity index (χ3v) is 5.00. The topological polar surface area (TPSA) is 57.2 Å². The number of amides is 1. The Kier molecular flexibility index (Phi) is 6.60. The summed E-state index contributed by atoms with van der Waals surface area (Å²) in [5.74, 6) is -0.299. The van der Waals surface area contributed by atoms with Crippen molar-refractivity contribution in [3.8, 4) is 0 Å². The number of ether oxygens (including phenoxy) is 1. The summed E-state index contributed by atoms with van der Waals surface area (Å²) in [6.45, 7) is 3.79. The molecule has 1 aromatic rings. The van der Waals surface area contributed by atoms with Crippen LogP contribution in [0, 0.1) is 11.6 Å². The molecule has 1 atom stereocenters. The number of nitrogens with zero attached hydrogens (tertiary/aromatic N) is 3. The van der Waals surface area contributed by atoms with Crippen molar-refractivity contribution in [2.24, 2.45) is 4.99 Å². The molecule has 0 spiro atoms. The van der Waals surface area contributed by atoms with Crippen molar-refractivity contribution < 1.29 is 18.3 Å². The van der Waals surface area contributed by atoms with E-state index in [1.165, 1.54) is 12.1 Å². The number of nitrogens with one attached hydrogen (secondary N) is 1. The first-order chi connectivity index (χ1) is 13.1. The molecule has 2 saturated heterocycles. The first kappa shape index (κ1) is 19.5. The Morgan fingerprint density at radius 3 is 2.63 bits per heavy atom. The maximum atomic E-state index is 13.7. The summed E-state index contributed by atoms with van der Waals surface area (Å²) >= 11 is 0. The van der Waals surface area contributed by atoms with Gasteiger partial charge in [0.2, 0.25) is 0 Å². The summed E-state index contributed by atoms with van der Waals surface area (Å²) in [6, 6.07) is 3.62. The molecule has 1 aromatic carbocycles. The number of carbonyl (C=O) groups excluding carboxylic acids is 1. The lowest BCUT2D eigenvalue weighted by Crippen LogP contribution is -2.55. The van der Waals surface area contributed by atoms with Gasteiger partial charge in [0.25, 0.3) is 5.91 Å². The van der Waals surface area contributed by atoms with E-state index in [1.54, 1.807) is 7.05 Å². The average molecular weight is 380 g/mol. The lowest BCUT2D eigenvalue weighted by molar-refractivity contribution is -0.142. The van der Waals surface area contributed by atoms with E-state index in [0.717, 1.165) is 24.9 Å². The summed E-state index contributed by atoms with van der Waals surface area (Å²) < 4.78 is 32.1. The molecule has 0 aromatic heterocycles. The molecule has 8 heteroatoms. The van der Waals surface area contributed by atoms with E-state index in [1.807, 2.05) is 4.90 Å². The van der Waals surface area contributed by atoms with Crippen molar-refractivity contribution in [3.63, 3.8) is 0 Å². The molecule has 2 aliphatic heterocycles. The van der Waals surface area contributed by atoms with Crippen molar-refractivity contribution in [1.29, 1.82) is 0 Å². The fourth-order valence-corrected chi connectivity index (χ4v) is 3.48. The van der Waals surface area contributed by atoms with E-state index in [2.05, 4.69) is 15.2 Å². The summed E-state index contributed by atoms with van der Waals surface area (Å²) in [7, 11) is 1.70. The van der Waals surface area contributed by atoms with E-state index in [0.29, 0.717) is 51.3 Å². The van der Waals surface area contributed by atoms with Gasteiger partial charge in [0.15, 0.2) is 5.96 Å². The molecule has 0 saturated carbocycles. The molecule has 1 N–H and O–H groups in total. The molecule has 27 heavy (non-hydrogen) atoms. The average Bonchev–Trinajstić information content (AvgIpc) is 3.21. The highest BCUT2D eigenvalue weighted by atomic mass is 19.1. The second-order valence-corrected chi connectivity index (χ2v) is 6.77. The first-order valence-electron chi connectivity index (χ1n) is 9.38. The van der Waals surface area contributed by atoms with Gasteiger partial charge in [0.05, 0.1) is 0 Å². The molecule has 1 unspecified atom stereocenters. The van der Waals surface area contributed by atoms with Gasteiger partial charge in [-0.1, -0.05) is 6.07 Å². The molecule has 6 nitrogen and oxygen atoms in total. The van der Waals surface area contributed by atoms with Gasteiger partial charge in [-0.25, -0.2) is 8.78 Å². The predicted octanol–water partition coefficient (Wildman–Crippen LogP) is 1.41. The van der Waals surface area contributed by atoms with Crippen molar-refractivity contribution in [2.75, 3.05) is 46.4 Å². The Morgan fingerprint density at radius 2 is 2.00 bits per heavy atom. The molecule has 0 bridgehead atoms. The number of rotatable bonds is 4. The minimum absolute atomic E-state index is 0.0851. The minimum atomic E-state index is -0.574.